The minimum Gasteiger partial charge on any atom is -0.457 e. The fourth-order valence-corrected chi connectivity index (χ4v) is 2.39. The normalized spacial score (nSPS) is 16.7. The lowest BCUT2D eigenvalue weighted by Crippen LogP contribution is -2.27. The van der Waals surface area contributed by atoms with Crippen molar-refractivity contribution in [3.63, 3.8) is 0 Å². The molecule has 1 N–H and O–H groups in total. The molecule has 5 nitrogen and oxygen atoms in total. The average molecular weight is 283 g/mol. The van der Waals surface area contributed by atoms with Crippen molar-refractivity contribution >= 4 is 18.4 Å². The number of hydrogen-bond donors (Lipinski definition) is 1. The lowest BCUT2D eigenvalue weighted by molar-refractivity contribution is -0.118. The van der Waals surface area contributed by atoms with E-state index < -0.39 is 7.12 Å². The van der Waals surface area contributed by atoms with Gasteiger partial charge in [0.1, 0.15) is 17.3 Å². The van der Waals surface area contributed by atoms with E-state index in [4.69, 9.17) is 9.39 Å². The quantitative estimate of drug-likeness (QED) is 0.863. The zero-order valence-electron chi connectivity index (χ0n) is 11.5. The van der Waals surface area contributed by atoms with Crippen molar-refractivity contribution in [1.29, 1.82) is 0 Å². The number of benzene rings is 1. The molecule has 0 radical (unpaired) electrons. The Bertz CT molecular complexity index is 662. The summed E-state index contributed by atoms with van der Waals surface area (Å²) >= 11 is 0. The van der Waals surface area contributed by atoms with Crippen LogP contribution >= 0.6 is 0 Å². The Morgan fingerprint density at radius 2 is 2.10 bits per heavy atom. The highest BCUT2D eigenvalue weighted by atomic mass is 16.5. The minimum atomic E-state index is -1.02. The predicted molar refractivity (Wildman–Crippen MR) is 77.5 cm³/mol. The second-order valence-electron chi connectivity index (χ2n) is 4.96. The van der Waals surface area contributed by atoms with Gasteiger partial charge in [-0.05, 0) is 42.2 Å². The van der Waals surface area contributed by atoms with Crippen LogP contribution in [0.2, 0.25) is 0 Å². The molecule has 0 amide bonds. The molecule has 1 atom stereocenters. The van der Waals surface area contributed by atoms with Gasteiger partial charge in [0.2, 0.25) is 0 Å². The number of carbonyl (C=O) groups is 1. The van der Waals surface area contributed by atoms with E-state index in [1.807, 2.05) is 6.07 Å². The van der Waals surface area contributed by atoms with E-state index in [1.54, 1.807) is 36.7 Å². The molecular formula is C15H14BNO4. The van der Waals surface area contributed by atoms with Gasteiger partial charge in [-0.3, -0.25) is 9.78 Å². The summed E-state index contributed by atoms with van der Waals surface area (Å²) in [4.78, 5) is 15.2. The van der Waals surface area contributed by atoms with Gasteiger partial charge in [0.05, 0.1) is 6.10 Å². The van der Waals surface area contributed by atoms with Crippen LogP contribution in [0.3, 0.4) is 0 Å². The number of Topliss-reactive ketones (excluding diaryl/α,β-unsaturated/α-hetero) is 1. The maximum absolute atomic E-state index is 11.2. The smallest absolute Gasteiger partial charge is 0.457 e. The standard InChI is InChI=1S/C15H14BNO4/c1-10(18)8-15-13-3-2-12(9-14(13)16(19)21-15)20-11-4-6-17-7-5-11/h2-7,9,15,19H,8H2,1H3/t15-/m1/s1. The molecule has 2 aromatic rings. The Kier molecular flexibility index (Phi) is 3.73. The number of pyridine rings is 1. The van der Waals surface area contributed by atoms with Crippen molar-refractivity contribution in [2.45, 2.75) is 19.4 Å². The molecule has 0 spiro atoms. The van der Waals surface area contributed by atoms with Crippen molar-refractivity contribution in [1.82, 2.24) is 4.98 Å². The first-order valence-corrected chi connectivity index (χ1v) is 6.68. The molecule has 0 aliphatic carbocycles. The van der Waals surface area contributed by atoms with Crippen molar-refractivity contribution in [3.05, 3.63) is 48.3 Å². The fourth-order valence-electron chi connectivity index (χ4n) is 2.39. The number of aromatic nitrogens is 1. The number of nitrogens with zero attached hydrogens (tertiary/aromatic N) is 1. The Labute approximate surface area is 122 Å². The van der Waals surface area contributed by atoms with Crippen LogP contribution < -0.4 is 10.2 Å². The molecular weight excluding hydrogens is 269 g/mol. The number of ether oxygens (including phenoxy) is 1. The van der Waals surface area contributed by atoms with Crippen molar-refractivity contribution < 1.29 is 19.2 Å². The Morgan fingerprint density at radius 1 is 1.33 bits per heavy atom. The number of fused-ring (bicyclic) bond motifs is 1. The van der Waals surface area contributed by atoms with Crippen LogP contribution in [0.1, 0.15) is 25.0 Å². The van der Waals surface area contributed by atoms with E-state index in [0.717, 1.165) is 5.56 Å². The second kappa shape index (κ2) is 5.67. The first kappa shape index (κ1) is 13.8. The number of rotatable bonds is 4. The Hall–Kier alpha value is -2.18. The maximum atomic E-state index is 11.2. The Morgan fingerprint density at radius 3 is 2.81 bits per heavy atom. The van der Waals surface area contributed by atoms with Crippen molar-refractivity contribution in [3.8, 4) is 11.5 Å². The van der Waals surface area contributed by atoms with E-state index in [-0.39, 0.29) is 18.3 Å². The van der Waals surface area contributed by atoms with Crippen LogP contribution in [0.5, 0.6) is 11.5 Å². The summed E-state index contributed by atoms with van der Waals surface area (Å²) < 4.78 is 11.1. The van der Waals surface area contributed by atoms with Gasteiger partial charge in [-0.2, -0.15) is 0 Å². The lowest BCUT2D eigenvalue weighted by Gasteiger charge is -2.10. The van der Waals surface area contributed by atoms with Gasteiger partial charge < -0.3 is 14.4 Å². The van der Waals surface area contributed by atoms with Crippen molar-refractivity contribution in [2.75, 3.05) is 0 Å². The third-order valence-electron chi connectivity index (χ3n) is 3.32. The zero-order chi connectivity index (χ0) is 14.8. The highest BCUT2D eigenvalue weighted by Crippen LogP contribution is 2.30. The van der Waals surface area contributed by atoms with Crippen LogP contribution in [0, 0.1) is 0 Å². The number of ketones is 1. The summed E-state index contributed by atoms with van der Waals surface area (Å²) in [6.07, 6.45) is 3.16. The molecule has 3 rings (SSSR count). The van der Waals surface area contributed by atoms with Gasteiger partial charge in [0.25, 0.3) is 0 Å². The van der Waals surface area contributed by atoms with Gasteiger partial charge in [0.15, 0.2) is 0 Å². The molecule has 1 aromatic heterocycles. The number of hydrogen-bond acceptors (Lipinski definition) is 5. The summed E-state index contributed by atoms with van der Waals surface area (Å²) in [6, 6.07) is 8.86. The minimum absolute atomic E-state index is 0.0252. The van der Waals surface area contributed by atoms with Gasteiger partial charge in [-0.15, -0.1) is 0 Å². The third-order valence-corrected chi connectivity index (χ3v) is 3.32. The third kappa shape index (κ3) is 2.96. The van der Waals surface area contributed by atoms with E-state index in [0.29, 0.717) is 17.0 Å². The molecule has 0 fully saturated rings. The van der Waals surface area contributed by atoms with E-state index >= 15 is 0 Å². The van der Waals surface area contributed by atoms with Crippen molar-refractivity contribution in [2.24, 2.45) is 0 Å². The van der Waals surface area contributed by atoms with Crippen LogP contribution in [0.15, 0.2) is 42.7 Å². The highest BCUT2D eigenvalue weighted by molar-refractivity contribution is 6.61. The lowest BCUT2D eigenvalue weighted by atomic mass is 9.79. The second-order valence-corrected chi connectivity index (χ2v) is 4.96. The van der Waals surface area contributed by atoms with E-state index in [2.05, 4.69) is 4.98 Å². The summed E-state index contributed by atoms with van der Waals surface area (Å²) in [5, 5.41) is 9.96. The molecule has 21 heavy (non-hydrogen) atoms. The van der Waals surface area contributed by atoms with Crippen LogP contribution in [-0.2, 0) is 9.45 Å². The SMILES string of the molecule is CC(=O)C[C@H]1OB(O)c2cc(Oc3ccncc3)ccc21. The molecule has 0 unspecified atom stereocenters. The monoisotopic (exact) mass is 283 g/mol. The topological polar surface area (TPSA) is 68.7 Å². The highest BCUT2D eigenvalue weighted by Gasteiger charge is 2.35. The van der Waals surface area contributed by atoms with E-state index in [1.165, 1.54) is 6.92 Å². The molecule has 0 saturated carbocycles. The zero-order valence-corrected chi connectivity index (χ0v) is 11.5. The molecule has 2 heterocycles. The molecule has 0 bridgehead atoms. The molecule has 1 aliphatic heterocycles. The molecule has 1 aliphatic rings. The fraction of sp³-hybridized carbons (Fsp3) is 0.200. The molecule has 0 saturated heterocycles. The van der Waals surface area contributed by atoms with Crippen LogP contribution in [0.25, 0.3) is 0 Å². The number of carbonyl (C=O) groups excluding carboxylic acids is 1. The summed E-state index contributed by atoms with van der Waals surface area (Å²) in [7, 11) is -1.02. The van der Waals surface area contributed by atoms with Gasteiger partial charge in [-0.25, -0.2) is 0 Å². The average Bonchev–Trinajstić information content (AvgIpc) is 2.75. The van der Waals surface area contributed by atoms with Crippen LogP contribution in [0.4, 0.5) is 0 Å². The first-order chi connectivity index (χ1) is 10.1. The Balaban J connectivity index is 1.85. The van der Waals surface area contributed by atoms with E-state index in [9.17, 15) is 9.82 Å². The summed E-state index contributed by atoms with van der Waals surface area (Å²) in [5.74, 6) is 1.29. The van der Waals surface area contributed by atoms with Gasteiger partial charge in [-0.1, -0.05) is 6.07 Å². The summed E-state index contributed by atoms with van der Waals surface area (Å²) in [5.41, 5.74) is 1.48. The summed E-state index contributed by atoms with van der Waals surface area (Å²) in [6.45, 7) is 1.51. The molecule has 1 aromatic carbocycles. The predicted octanol–water partition coefficient (Wildman–Crippen LogP) is 1.61. The van der Waals surface area contributed by atoms with Gasteiger partial charge >= 0.3 is 7.12 Å². The largest absolute Gasteiger partial charge is 0.492 e. The molecule has 106 valence electrons. The molecule has 6 heteroatoms. The maximum Gasteiger partial charge on any atom is 0.492 e. The first-order valence-electron chi connectivity index (χ1n) is 6.68. The van der Waals surface area contributed by atoms with Gasteiger partial charge in [0, 0.05) is 18.8 Å². The van der Waals surface area contributed by atoms with Crippen LogP contribution in [-0.4, -0.2) is 22.9 Å².